The van der Waals surface area contributed by atoms with Crippen molar-refractivity contribution >= 4 is 5.91 Å². The molecule has 0 aliphatic carbocycles. The molecule has 2 rings (SSSR count). The molecule has 100 valence electrons. The van der Waals surface area contributed by atoms with Crippen molar-refractivity contribution in [2.24, 2.45) is 0 Å². The van der Waals surface area contributed by atoms with Crippen molar-refractivity contribution < 1.29 is 9.18 Å². The molecule has 1 heterocycles. The van der Waals surface area contributed by atoms with Crippen molar-refractivity contribution in [3.8, 4) is 0 Å². The van der Waals surface area contributed by atoms with E-state index in [0.717, 1.165) is 17.8 Å². The van der Waals surface area contributed by atoms with Crippen molar-refractivity contribution in [2.45, 2.75) is 26.9 Å². The van der Waals surface area contributed by atoms with Crippen LogP contribution < -0.4 is 5.32 Å². The minimum Gasteiger partial charge on any atom is -0.348 e. The lowest BCUT2D eigenvalue weighted by Crippen LogP contribution is -2.23. The van der Waals surface area contributed by atoms with Crippen molar-refractivity contribution in [3.05, 3.63) is 53.1 Å². The van der Waals surface area contributed by atoms with Gasteiger partial charge in [0.15, 0.2) is 0 Å². The monoisotopic (exact) mass is 261 g/mol. The summed E-state index contributed by atoms with van der Waals surface area (Å²) in [5.41, 5.74) is 2.28. The molecule has 19 heavy (non-hydrogen) atoms. The number of halogens is 1. The third-order valence-electron chi connectivity index (χ3n) is 3.01. The lowest BCUT2D eigenvalue weighted by molar-refractivity contribution is 0.0950. The van der Waals surface area contributed by atoms with E-state index < -0.39 is 0 Å². The average Bonchev–Trinajstić information content (AvgIpc) is 2.79. The average molecular weight is 261 g/mol. The van der Waals surface area contributed by atoms with Gasteiger partial charge in [0.05, 0.1) is 11.8 Å². The maximum absolute atomic E-state index is 12.7. The zero-order valence-corrected chi connectivity index (χ0v) is 11.0. The molecule has 4 nitrogen and oxygen atoms in total. The Bertz CT molecular complexity index is 575. The van der Waals surface area contributed by atoms with Crippen LogP contribution in [0.3, 0.4) is 0 Å². The van der Waals surface area contributed by atoms with Gasteiger partial charge in [0.1, 0.15) is 5.82 Å². The third kappa shape index (κ3) is 2.99. The highest BCUT2D eigenvalue weighted by atomic mass is 19.1. The zero-order valence-electron chi connectivity index (χ0n) is 11.0. The SMILES string of the molecule is CCn1ncc(C(=O)NCc2ccc(F)cc2)c1C. The maximum Gasteiger partial charge on any atom is 0.255 e. The van der Waals surface area contributed by atoms with Crippen LogP contribution in [0.1, 0.15) is 28.5 Å². The Hall–Kier alpha value is -2.17. The molecule has 5 heteroatoms. The summed E-state index contributed by atoms with van der Waals surface area (Å²) in [6, 6.07) is 6.06. The van der Waals surface area contributed by atoms with Gasteiger partial charge in [0, 0.05) is 18.8 Å². The summed E-state index contributed by atoms with van der Waals surface area (Å²) >= 11 is 0. The normalized spacial score (nSPS) is 10.5. The van der Waals surface area contributed by atoms with Crippen LogP contribution in [0.15, 0.2) is 30.5 Å². The standard InChI is InChI=1S/C14H16FN3O/c1-3-18-10(2)13(9-17-18)14(19)16-8-11-4-6-12(15)7-5-11/h4-7,9H,3,8H2,1-2H3,(H,16,19). The van der Waals surface area contributed by atoms with Crippen LogP contribution in [0, 0.1) is 12.7 Å². The molecule has 0 bridgehead atoms. The summed E-state index contributed by atoms with van der Waals surface area (Å²) in [5, 5.41) is 6.93. The van der Waals surface area contributed by atoms with Crippen molar-refractivity contribution in [1.82, 2.24) is 15.1 Å². The lowest BCUT2D eigenvalue weighted by Gasteiger charge is -2.05. The van der Waals surface area contributed by atoms with E-state index in [0.29, 0.717) is 12.1 Å². The van der Waals surface area contributed by atoms with E-state index in [1.165, 1.54) is 12.1 Å². The summed E-state index contributed by atoms with van der Waals surface area (Å²) < 4.78 is 14.5. The number of nitrogens with zero attached hydrogens (tertiary/aromatic N) is 2. The smallest absolute Gasteiger partial charge is 0.255 e. The lowest BCUT2D eigenvalue weighted by atomic mass is 10.2. The summed E-state index contributed by atoms with van der Waals surface area (Å²) in [7, 11) is 0. The first-order valence-corrected chi connectivity index (χ1v) is 6.17. The van der Waals surface area contributed by atoms with E-state index in [1.54, 1.807) is 23.0 Å². The predicted molar refractivity (Wildman–Crippen MR) is 70.2 cm³/mol. The Morgan fingerprint density at radius 2 is 2.05 bits per heavy atom. The molecule has 0 spiro atoms. The second-order valence-electron chi connectivity index (χ2n) is 4.27. The number of hydrogen-bond donors (Lipinski definition) is 1. The predicted octanol–water partition coefficient (Wildman–Crippen LogP) is 2.28. The van der Waals surface area contributed by atoms with Gasteiger partial charge in [-0.25, -0.2) is 4.39 Å². The van der Waals surface area contributed by atoms with Gasteiger partial charge in [-0.2, -0.15) is 5.10 Å². The first-order chi connectivity index (χ1) is 9.11. The number of aromatic nitrogens is 2. The van der Waals surface area contributed by atoms with Crippen LogP contribution in [0.4, 0.5) is 4.39 Å². The fraction of sp³-hybridized carbons (Fsp3) is 0.286. The molecule has 0 saturated heterocycles. The molecule has 0 fully saturated rings. The van der Waals surface area contributed by atoms with E-state index in [2.05, 4.69) is 10.4 Å². The highest BCUT2D eigenvalue weighted by Crippen LogP contribution is 2.08. The molecular weight excluding hydrogens is 245 g/mol. The van der Waals surface area contributed by atoms with Gasteiger partial charge < -0.3 is 5.32 Å². The molecule has 1 amide bonds. The van der Waals surface area contributed by atoms with Crippen LogP contribution in [-0.2, 0) is 13.1 Å². The molecule has 0 aliphatic heterocycles. The van der Waals surface area contributed by atoms with Gasteiger partial charge in [0.25, 0.3) is 5.91 Å². The van der Waals surface area contributed by atoms with Crippen LogP contribution in [0.5, 0.6) is 0 Å². The molecule has 0 radical (unpaired) electrons. The van der Waals surface area contributed by atoms with E-state index >= 15 is 0 Å². The maximum atomic E-state index is 12.7. The summed E-state index contributed by atoms with van der Waals surface area (Å²) in [4.78, 5) is 12.0. The highest BCUT2D eigenvalue weighted by molar-refractivity contribution is 5.94. The number of nitrogens with one attached hydrogen (secondary N) is 1. The van der Waals surface area contributed by atoms with Gasteiger partial charge in [0.2, 0.25) is 0 Å². The fourth-order valence-electron chi connectivity index (χ4n) is 1.87. The van der Waals surface area contributed by atoms with Crippen LogP contribution in [0.25, 0.3) is 0 Å². The van der Waals surface area contributed by atoms with Crippen molar-refractivity contribution in [2.75, 3.05) is 0 Å². The third-order valence-corrected chi connectivity index (χ3v) is 3.01. The van der Waals surface area contributed by atoms with Gasteiger partial charge in [-0.15, -0.1) is 0 Å². The van der Waals surface area contributed by atoms with E-state index in [4.69, 9.17) is 0 Å². The Morgan fingerprint density at radius 3 is 2.63 bits per heavy atom. The van der Waals surface area contributed by atoms with E-state index in [9.17, 15) is 9.18 Å². The van der Waals surface area contributed by atoms with E-state index in [1.807, 2.05) is 13.8 Å². The minimum absolute atomic E-state index is 0.165. The van der Waals surface area contributed by atoms with Crippen LogP contribution in [0.2, 0.25) is 0 Å². The number of benzene rings is 1. The minimum atomic E-state index is -0.282. The molecule has 0 saturated carbocycles. The van der Waals surface area contributed by atoms with Crippen molar-refractivity contribution in [1.29, 1.82) is 0 Å². The molecule has 0 atom stereocenters. The van der Waals surface area contributed by atoms with Gasteiger partial charge in [-0.3, -0.25) is 9.48 Å². The van der Waals surface area contributed by atoms with Gasteiger partial charge >= 0.3 is 0 Å². The molecule has 1 aromatic heterocycles. The molecule has 2 aromatic rings. The van der Waals surface area contributed by atoms with Crippen LogP contribution in [-0.4, -0.2) is 15.7 Å². The molecular formula is C14H16FN3O. The molecule has 1 aromatic carbocycles. The Labute approximate surface area is 111 Å². The second kappa shape index (κ2) is 5.65. The topological polar surface area (TPSA) is 46.9 Å². The van der Waals surface area contributed by atoms with Gasteiger partial charge in [-0.05, 0) is 31.5 Å². The van der Waals surface area contributed by atoms with Crippen LogP contribution >= 0.6 is 0 Å². The molecule has 0 unspecified atom stereocenters. The highest BCUT2D eigenvalue weighted by Gasteiger charge is 2.12. The largest absolute Gasteiger partial charge is 0.348 e. The molecule has 0 aliphatic rings. The quantitative estimate of drug-likeness (QED) is 0.917. The number of carbonyl (C=O) groups is 1. The number of aryl methyl sites for hydroxylation is 1. The fourth-order valence-corrected chi connectivity index (χ4v) is 1.87. The summed E-state index contributed by atoms with van der Waals surface area (Å²) in [6.45, 7) is 4.94. The number of hydrogen-bond acceptors (Lipinski definition) is 2. The number of rotatable bonds is 4. The zero-order chi connectivity index (χ0) is 13.8. The van der Waals surface area contributed by atoms with Gasteiger partial charge in [-0.1, -0.05) is 12.1 Å². The molecule has 1 N–H and O–H groups in total. The second-order valence-corrected chi connectivity index (χ2v) is 4.27. The van der Waals surface area contributed by atoms with E-state index in [-0.39, 0.29) is 11.7 Å². The Kier molecular flexibility index (Phi) is 3.94. The number of amides is 1. The first-order valence-electron chi connectivity index (χ1n) is 6.17. The first kappa shape index (κ1) is 13.3. The summed E-state index contributed by atoms with van der Waals surface area (Å²) in [5.74, 6) is -0.448. The summed E-state index contributed by atoms with van der Waals surface area (Å²) in [6.07, 6.45) is 1.57. The van der Waals surface area contributed by atoms with Crippen molar-refractivity contribution in [3.63, 3.8) is 0 Å². The Morgan fingerprint density at radius 1 is 1.37 bits per heavy atom. The number of carbonyl (C=O) groups excluding carboxylic acids is 1. The Balaban J connectivity index is 2.01.